The fraction of sp³-hybridized carbons (Fsp3) is 0.0909. The number of carbonyl (C=O) groups is 1. The Balaban J connectivity index is 2.18. The Hall–Kier alpha value is -1.68. The normalized spacial score (nSPS) is 10.4. The minimum atomic E-state index is -0.585. The van der Waals surface area contributed by atoms with Crippen molar-refractivity contribution in [2.24, 2.45) is 0 Å². The van der Waals surface area contributed by atoms with Crippen molar-refractivity contribution in [3.63, 3.8) is 0 Å². The van der Waals surface area contributed by atoms with Gasteiger partial charge in [0.1, 0.15) is 5.82 Å². The molecule has 0 aliphatic rings. The van der Waals surface area contributed by atoms with Gasteiger partial charge in [-0.3, -0.25) is 4.79 Å². The SMILES string of the molecule is O=C(Cn1ccnc1)c1ccc(Cl)c(F)c1. The summed E-state index contributed by atoms with van der Waals surface area (Å²) in [5, 5.41) is 0.0131. The zero-order valence-corrected chi connectivity index (χ0v) is 8.99. The van der Waals surface area contributed by atoms with Gasteiger partial charge in [-0.05, 0) is 18.2 Å². The zero-order chi connectivity index (χ0) is 11.5. The molecule has 0 saturated heterocycles. The van der Waals surface area contributed by atoms with E-state index in [1.165, 1.54) is 18.5 Å². The first-order chi connectivity index (χ1) is 7.66. The number of carbonyl (C=O) groups excluding carboxylic acids is 1. The van der Waals surface area contributed by atoms with Crippen LogP contribution in [0.5, 0.6) is 0 Å². The molecule has 1 aromatic carbocycles. The van der Waals surface area contributed by atoms with E-state index in [0.29, 0.717) is 5.56 Å². The summed E-state index contributed by atoms with van der Waals surface area (Å²) >= 11 is 5.53. The lowest BCUT2D eigenvalue weighted by Gasteiger charge is -2.02. The summed E-state index contributed by atoms with van der Waals surface area (Å²) < 4.78 is 14.7. The highest BCUT2D eigenvalue weighted by molar-refractivity contribution is 6.30. The van der Waals surface area contributed by atoms with Crippen molar-refractivity contribution in [2.75, 3.05) is 0 Å². The molecule has 0 unspecified atom stereocenters. The molecule has 0 radical (unpaired) electrons. The van der Waals surface area contributed by atoms with Crippen molar-refractivity contribution in [1.29, 1.82) is 0 Å². The Labute approximate surface area is 96.5 Å². The third kappa shape index (κ3) is 2.28. The van der Waals surface area contributed by atoms with Crippen molar-refractivity contribution in [3.8, 4) is 0 Å². The van der Waals surface area contributed by atoms with Crippen molar-refractivity contribution in [3.05, 3.63) is 53.3 Å². The smallest absolute Gasteiger partial charge is 0.182 e. The maximum absolute atomic E-state index is 13.1. The minimum Gasteiger partial charge on any atom is -0.330 e. The monoisotopic (exact) mass is 238 g/mol. The van der Waals surface area contributed by atoms with E-state index in [0.717, 1.165) is 6.07 Å². The van der Waals surface area contributed by atoms with Gasteiger partial charge in [0.05, 0.1) is 17.9 Å². The maximum atomic E-state index is 13.1. The number of ketones is 1. The Bertz CT molecular complexity index is 511. The number of imidazole rings is 1. The maximum Gasteiger partial charge on any atom is 0.182 e. The number of aromatic nitrogens is 2. The van der Waals surface area contributed by atoms with E-state index in [1.54, 1.807) is 17.0 Å². The molecule has 2 aromatic rings. The van der Waals surface area contributed by atoms with Gasteiger partial charge in [0.2, 0.25) is 0 Å². The van der Waals surface area contributed by atoms with Gasteiger partial charge in [-0.25, -0.2) is 9.37 Å². The van der Waals surface area contributed by atoms with Crippen molar-refractivity contribution >= 4 is 17.4 Å². The molecule has 16 heavy (non-hydrogen) atoms. The van der Waals surface area contributed by atoms with Gasteiger partial charge in [-0.1, -0.05) is 11.6 Å². The van der Waals surface area contributed by atoms with Crippen LogP contribution in [-0.2, 0) is 6.54 Å². The van der Waals surface area contributed by atoms with Gasteiger partial charge < -0.3 is 4.57 Å². The van der Waals surface area contributed by atoms with Crippen LogP contribution in [0.2, 0.25) is 5.02 Å². The van der Waals surface area contributed by atoms with Crippen molar-refractivity contribution < 1.29 is 9.18 Å². The summed E-state index contributed by atoms with van der Waals surface area (Å²) in [4.78, 5) is 15.5. The van der Waals surface area contributed by atoms with Gasteiger partial charge in [-0.2, -0.15) is 0 Å². The van der Waals surface area contributed by atoms with Crippen LogP contribution >= 0.6 is 11.6 Å². The Morgan fingerprint density at radius 1 is 1.50 bits per heavy atom. The molecule has 0 aliphatic carbocycles. The summed E-state index contributed by atoms with van der Waals surface area (Å²) in [5.41, 5.74) is 0.301. The predicted molar refractivity (Wildman–Crippen MR) is 58.0 cm³/mol. The Morgan fingerprint density at radius 3 is 2.94 bits per heavy atom. The number of Topliss-reactive ketones (excluding diaryl/α,β-unsaturated/α-hetero) is 1. The average molecular weight is 239 g/mol. The largest absolute Gasteiger partial charge is 0.330 e. The van der Waals surface area contributed by atoms with E-state index in [-0.39, 0.29) is 17.4 Å². The van der Waals surface area contributed by atoms with Crippen LogP contribution in [-0.4, -0.2) is 15.3 Å². The number of hydrogen-bond donors (Lipinski definition) is 0. The molecule has 0 amide bonds. The van der Waals surface area contributed by atoms with E-state index in [2.05, 4.69) is 4.98 Å². The summed E-state index contributed by atoms with van der Waals surface area (Å²) in [6, 6.07) is 4.02. The fourth-order valence-corrected chi connectivity index (χ4v) is 1.42. The number of hydrogen-bond acceptors (Lipinski definition) is 2. The van der Waals surface area contributed by atoms with Crippen LogP contribution in [0.4, 0.5) is 4.39 Å². The Morgan fingerprint density at radius 2 is 2.31 bits per heavy atom. The molecule has 82 valence electrons. The highest BCUT2D eigenvalue weighted by atomic mass is 35.5. The Kier molecular flexibility index (Phi) is 3.01. The first-order valence-electron chi connectivity index (χ1n) is 4.61. The molecule has 0 fully saturated rings. The second kappa shape index (κ2) is 4.45. The summed E-state index contributed by atoms with van der Waals surface area (Å²) in [5.74, 6) is -0.772. The second-order valence-electron chi connectivity index (χ2n) is 3.29. The molecule has 0 atom stereocenters. The van der Waals surface area contributed by atoms with Crippen LogP contribution < -0.4 is 0 Å². The molecule has 1 heterocycles. The van der Waals surface area contributed by atoms with Crippen molar-refractivity contribution in [2.45, 2.75) is 6.54 Å². The van der Waals surface area contributed by atoms with Crippen LogP contribution in [0.3, 0.4) is 0 Å². The topological polar surface area (TPSA) is 34.9 Å². The molecule has 0 bridgehead atoms. The average Bonchev–Trinajstić information content (AvgIpc) is 2.74. The van der Waals surface area contributed by atoms with Gasteiger partial charge in [0.15, 0.2) is 5.78 Å². The minimum absolute atomic E-state index is 0.0131. The molecule has 5 heteroatoms. The fourth-order valence-electron chi connectivity index (χ4n) is 1.31. The third-order valence-corrected chi connectivity index (χ3v) is 2.43. The van der Waals surface area contributed by atoms with Crippen LogP contribution in [0.15, 0.2) is 36.9 Å². The van der Waals surface area contributed by atoms with Gasteiger partial charge in [0, 0.05) is 18.0 Å². The lowest BCUT2D eigenvalue weighted by molar-refractivity contribution is 0.0971. The van der Waals surface area contributed by atoms with Crippen molar-refractivity contribution in [1.82, 2.24) is 9.55 Å². The lowest BCUT2D eigenvalue weighted by Crippen LogP contribution is -2.09. The summed E-state index contributed by atoms with van der Waals surface area (Å²) in [6.45, 7) is 0.140. The molecule has 3 nitrogen and oxygen atoms in total. The quantitative estimate of drug-likeness (QED) is 0.771. The van der Waals surface area contributed by atoms with Crippen LogP contribution in [0.25, 0.3) is 0 Å². The first kappa shape index (κ1) is 10.8. The number of rotatable bonds is 3. The standard InChI is InChI=1S/C11H8ClFN2O/c12-9-2-1-8(5-10(9)13)11(16)6-15-4-3-14-7-15/h1-5,7H,6H2. The van der Waals surface area contributed by atoms with E-state index < -0.39 is 5.82 Å². The molecular weight excluding hydrogens is 231 g/mol. The van der Waals surface area contributed by atoms with Crippen LogP contribution in [0.1, 0.15) is 10.4 Å². The van der Waals surface area contributed by atoms with E-state index in [9.17, 15) is 9.18 Å². The summed E-state index contributed by atoms with van der Waals surface area (Å²) in [6.07, 6.45) is 4.78. The predicted octanol–water partition coefficient (Wildman–Crippen LogP) is 2.56. The molecule has 0 aliphatic heterocycles. The number of halogens is 2. The molecule has 0 N–H and O–H groups in total. The van der Waals surface area contributed by atoms with Gasteiger partial charge >= 0.3 is 0 Å². The summed E-state index contributed by atoms with van der Waals surface area (Å²) in [7, 11) is 0. The highest BCUT2D eigenvalue weighted by Gasteiger charge is 2.09. The number of benzene rings is 1. The van der Waals surface area contributed by atoms with E-state index in [1.807, 2.05) is 0 Å². The molecular formula is C11H8ClFN2O. The zero-order valence-electron chi connectivity index (χ0n) is 8.23. The molecule has 0 spiro atoms. The third-order valence-electron chi connectivity index (χ3n) is 2.13. The van der Waals surface area contributed by atoms with Gasteiger partial charge in [-0.15, -0.1) is 0 Å². The number of nitrogens with zero attached hydrogens (tertiary/aromatic N) is 2. The first-order valence-corrected chi connectivity index (χ1v) is 4.98. The van der Waals surface area contributed by atoms with Gasteiger partial charge in [0.25, 0.3) is 0 Å². The highest BCUT2D eigenvalue weighted by Crippen LogP contribution is 2.16. The van der Waals surface area contributed by atoms with E-state index >= 15 is 0 Å². The molecule has 2 rings (SSSR count). The molecule has 0 saturated carbocycles. The van der Waals surface area contributed by atoms with Crippen LogP contribution in [0, 0.1) is 5.82 Å². The lowest BCUT2D eigenvalue weighted by atomic mass is 10.1. The second-order valence-corrected chi connectivity index (χ2v) is 3.69. The molecule has 1 aromatic heterocycles. The van der Waals surface area contributed by atoms with E-state index in [4.69, 9.17) is 11.6 Å².